The van der Waals surface area contributed by atoms with E-state index in [2.05, 4.69) is 0 Å². The zero-order valence-corrected chi connectivity index (χ0v) is 15.5. The monoisotopic (exact) mass is 369 g/mol. The fourth-order valence-corrected chi connectivity index (χ4v) is 4.21. The lowest BCUT2D eigenvalue weighted by Crippen LogP contribution is -3.14. The van der Waals surface area contributed by atoms with Crippen molar-refractivity contribution in [2.75, 3.05) is 39.3 Å². The average molecular weight is 369 g/mol. The van der Waals surface area contributed by atoms with Crippen LogP contribution in [0.3, 0.4) is 0 Å². The lowest BCUT2D eigenvalue weighted by Gasteiger charge is -2.31. The molecule has 0 amide bonds. The molecule has 1 aromatic rings. The lowest BCUT2D eigenvalue weighted by molar-refractivity contribution is -0.903. The predicted octanol–water partition coefficient (Wildman–Crippen LogP) is -0.268. The van der Waals surface area contributed by atoms with Crippen LogP contribution in [0, 0.1) is 0 Å². The molecule has 0 spiro atoms. The molecule has 1 saturated heterocycles. The van der Waals surface area contributed by atoms with Crippen molar-refractivity contribution in [1.82, 2.24) is 4.31 Å². The Balaban J connectivity index is 2.00. The van der Waals surface area contributed by atoms with Crippen molar-refractivity contribution in [2.45, 2.75) is 25.2 Å². The lowest BCUT2D eigenvalue weighted by atomic mass is 10.2. The van der Waals surface area contributed by atoms with Crippen LogP contribution in [0.1, 0.15) is 30.6 Å². The first-order valence-corrected chi connectivity index (χ1v) is 9.89. The number of ether oxygens (including phenoxy) is 1. The molecule has 0 unspecified atom stereocenters. The van der Waals surface area contributed by atoms with E-state index < -0.39 is 16.0 Å². The first-order valence-electron chi connectivity index (χ1n) is 8.45. The highest BCUT2D eigenvalue weighted by molar-refractivity contribution is 7.89. The molecule has 2 rings (SSSR count). The molecule has 1 aromatic carbocycles. The number of nitrogens with zero attached hydrogens (tertiary/aromatic N) is 1. The third kappa shape index (κ3) is 5.10. The molecule has 1 aliphatic heterocycles. The van der Waals surface area contributed by atoms with Crippen LogP contribution in [0.2, 0.25) is 0 Å². The highest BCUT2D eigenvalue weighted by atomic mass is 32.2. The van der Waals surface area contributed by atoms with Gasteiger partial charge in [0, 0.05) is 0 Å². The Morgan fingerprint density at radius 2 is 1.76 bits per heavy atom. The topological polar surface area (TPSA) is 85.2 Å². The van der Waals surface area contributed by atoms with Crippen LogP contribution in [0.4, 0.5) is 0 Å². The van der Waals surface area contributed by atoms with E-state index in [0.717, 1.165) is 6.54 Å². The second kappa shape index (κ2) is 8.55. The normalized spacial score (nSPS) is 16.6. The van der Waals surface area contributed by atoms with Crippen LogP contribution < -0.4 is 4.90 Å². The molecular formula is C17H25N2O5S+. The molecular weight excluding hydrogens is 344 g/mol. The third-order valence-electron chi connectivity index (χ3n) is 4.26. The Morgan fingerprint density at radius 1 is 1.16 bits per heavy atom. The van der Waals surface area contributed by atoms with Crippen LogP contribution in [-0.4, -0.2) is 63.8 Å². The molecule has 0 saturated carbocycles. The Morgan fingerprint density at radius 3 is 2.28 bits per heavy atom. The molecule has 0 radical (unpaired) electrons. The number of hydrogen-bond acceptors (Lipinski definition) is 5. The second-order valence-corrected chi connectivity index (χ2v) is 8.04. The summed E-state index contributed by atoms with van der Waals surface area (Å²) >= 11 is 0. The van der Waals surface area contributed by atoms with Crippen LogP contribution in [0.25, 0.3) is 0 Å². The summed E-state index contributed by atoms with van der Waals surface area (Å²) in [6.07, 6.45) is 0.525. The van der Waals surface area contributed by atoms with Gasteiger partial charge in [0.2, 0.25) is 10.0 Å². The summed E-state index contributed by atoms with van der Waals surface area (Å²) in [5.74, 6) is -0.307. The van der Waals surface area contributed by atoms with Gasteiger partial charge >= 0.3 is 5.97 Å². The number of carbonyl (C=O) groups excluding carboxylic acids is 2. The van der Waals surface area contributed by atoms with Gasteiger partial charge in [0.25, 0.3) is 0 Å². The van der Waals surface area contributed by atoms with Crippen molar-refractivity contribution >= 4 is 21.8 Å². The van der Waals surface area contributed by atoms with Crippen molar-refractivity contribution in [3.05, 3.63) is 29.8 Å². The van der Waals surface area contributed by atoms with Crippen molar-refractivity contribution in [3.8, 4) is 0 Å². The fraction of sp³-hybridized carbons (Fsp3) is 0.529. The van der Waals surface area contributed by atoms with Gasteiger partial charge in [0.1, 0.15) is 5.78 Å². The highest BCUT2D eigenvalue weighted by Gasteiger charge is 2.30. The van der Waals surface area contributed by atoms with E-state index >= 15 is 0 Å². The number of rotatable bonds is 7. The van der Waals surface area contributed by atoms with Crippen molar-refractivity contribution in [2.24, 2.45) is 0 Å². The second-order valence-electron chi connectivity index (χ2n) is 6.10. The zero-order valence-electron chi connectivity index (χ0n) is 14.7. The molecule has 1 heterocycles. The van der Waals surface area contributed by atoms with Gasteiger partial charge in [-0.05, 0) is 38.1 Å². The van der Waals surface area contributed by atoms with Gasteiger partial charge in [-0.2, -0.15) is 4.31 Å². The van der Waals surface area contributed by atoms with Gasteiger partial charge in [-0.15, -0.1) is 0 Å². The minimum Gasteiger partial charge on any atom is -0.462 e. The maximum Gasteiger partial charge on any atom is 0.338 e. The molecule has 1 aliphatic rings. The summed E-state index contributed by atoms with van der Waals surface area (Å²) in [5, 5.41) is 0. The standard InChI is InChI=1S/C17H24N2O5S/c1-3-24-17(21)15-4-6-16(7-5-15)25(22,23)19-12-10-18(11-13-19)9-8-14(2)20/h4-7H,3,8-13H2,1-2H3/p+1. The highest BCUT2D eigenvalue weighted by Crippen LogP contribution is 2.17. The summed E-state index contributed by atoms with van der Waals surface area (Å²) in [7, 11) is -3.57. The Labute approximate surface area is 148 Å². The quantitative estimate of drug-likeness (QED) is 0.669. The summed E-state index contributed by atoms with van der Waals surface area (Å²) < 4.78 is 31.8. The largest absolute Gasteiger partial charge is 0.462 e. The van der Waals surface area contributed by atoms with E-state index in [1.165, 1.54) is 33.5 Å². The van der Waals surface area contributed by atoms with Gasteiger partial charge in [-0.25, -0.2) is 13.2 Å². The Kier molecular flexibility index (Phi) is 6.69. The fourth-order valence-electron chi connectivity index (χ4n) is 2.77. The summed E-state index contributed by atoms with van der Waals surface area (Å²) in [6.45, 7) is 6.53. The smallest absolute Gasteiger partial charge is 0.338 e. The summed E-state index contributed by atoms with van der Waals surface area (Å²) in [4.78, 5) is 24.1. The van der Waals surface area contributed by atoms with Gasteiger partial charge in [-0.1, -0.05) is 0 Å². The number of quaternary nitrogens is 1. The Bertz CT molecular complexity index is 707. The molecule has 1 N–H and O–H groups in total. The number of esters is 1. The zero-order chi connectivity index (χ0) is 18.4. The Hall–Kier alpha value is -1.77. The van der Waals surface area contributed by atoms with Crippen LogP contribution in [-0.2, 0) is 19.6 Å². The number of benzene rings is 1. The number of Topliss-reactive ketones (excluding diaryl/α,β-unsaturated/α-hetero) is 1. The molecule has 25 heavy (non-hydrogen) atoms. The van der Waals surface area contributed by atoms with Gasteiger partial charge in [-0.3, -0.25) is 4.79 Å². The van der Waals surface area contributed by atoms with E-state index in [9.17, 15) is 18.0 Å². The van der Waals surface area contributed by atoms with Crippen molar-refractivity contribution < 1.29 is 27.6 Å². The molecule has 0 atom stereocenters. The van der Waals surface area contributed by atoms with Gasteiger partial charge in [0.05, 0.1) is 56.2 Å². The van der Waals surface area contributed by atoms with Crippen LogP contribution in [0.15, 0.2) is 29.2 Å². The van der Waals surface area contributed by atoms with E-state index in [0.29, 0.717) is 38.2 Å². The molecule has 0 bridgehead atoms. The SMILES string of the molecule is CCOC(=O)c1ccc(S(=O)(=O)N2CC[NH+](CCC(C)=O)CC2)cc1. The van der Waals surface area contributed by atoms with E-state index in [4.69, 9.17) is 4.74 Å². The number of carbonyl (C=O) groups is 2. The molecule has 138 valence electrons. The van der Waals surface area contributed by atoms with E-state index in [-0.39, 0.29) is 17.3 Å². The minimum atomic E-state index is -3.57. The number of nitrogens with one attached hydrogen (secondary N) is 1. The predicted molar refractivity (Wildman–Crippen MR) is 92.0 cm³/mol. The average Bonchev–Trinajstić information content (AvgIpc) is 2.60. The van der Waals surface area contributed by atoms with E-state index in [1.807, 2.05) is 0 Å². The number of sulfonamides is 1. The van der Waals surface area contributed by atoms with Gasteiger partial charge < -0.3 is 9.64 Å². The van der Waals surface area contributed by atoms with Gasteiger partial charge in [0.15, 0.2) is 0 Å². The number of hydrogen-bond donors (Lipinski definition) is 1. The minimum absolute atomic E-state index is 0.157. The molecule has 8 heteroatoms. The van der Waals surface area contributed by atoms with Crippen LogP contribution in [0.5, 0.6) is 0 Å². The maximum absolute atomic E-state index is 12.7. The molecule has 0 aromatic heterocycles. The maximum atomic E-state index is 12.7. The molecule has 7 nitrogen and oxygen atoms in total. The first kappa shape index (κ1) is 19.6. The molecule has 0 aliphatic carbocycles. The molecule has 1 fully saturated rings. The summed E-state index contributed by atoms with van der Waals surface area (Å²) in [6, 6.07) is 5.83. The van der Waals surface area contributed by atoms with Crippen molar-refractivity contribution in [3.63, 3.8) is 0 Å². The first-order chi connectivity index (χ1) is 11.8. The van der Waals surface area contributed by atoms with E-state index in [1.54, 1.807) is 13.8 Å². The number of ketones is 1. The summed E-state index contributed by atoms with van der Waals surface area (Å²) in [5.41, 5.74) is 0.333. The third-order valence-corrected chi connectivity index (χ3v) is 6.18. The van der Waals surface area contributed by atoms with Crippen LogP contribution >= 0.6 is 0 Å². The van der Waals surface area contributed by atoms with Crippen molar-refractivity contribution in [1.29, 1.82) is 0 Å². The number of piperazine rings is 1.